The van der Waals surface area contributed by atoms with Crippen LogP contribution in [-0.2, 0) is 11.3 Å². The van der Waals surface area contributed by atoms with Gasteiger partial charge in [0.1, 0.15) is 0 Å². The van der Waals surface area contributed by atoms with Gasteiger partial charge in [-0.25, -0.2) is 0 Å². The fourth-order valence-corrected chi connectivity index (χ4v) is 1.44. The number of pyridine rings is 1. The molecule has 0 aliphatic rings. The van der Waals surface area contributed by atoms with Crippen LogP contribution >= 0.6 is 0 Å². The average Bonchev–Trinajstić information content (AvgIpc) is 2.29. The molecule has 1 amide bonds. The van der Waals surface area contributed by atoms with Gasteiger partial charge in [-0.05, 0) is 31.5 Å². The molecule has 0 fully saturated rings. The zero-order valence-electron chi connectivity index (χ0n) is 10.1. The molecular formula is C12H19N3O. The number of nitrogens with zero attached hydrogens (tertiary/aromatic N) is 2. The SMILES string of the molecule is CN(Cc1ccncc1)C(=O)C(C)(C)CN. The third-order valence-corrected chi connectivity index (χ3v) is 2.61. The molecule has 1 heterocycles. The maximum atomic E-state index is 12.0. The van der Waals surface area contributed by atoms with Crippen LogP contribution in [0.3, 0.4) is 0 Å². The molecule has 4 nitrogen and oxygen atoms in total. The van der Waals surface area contributed by atoms with Crippen LogP contribution in [0.25, 0.3) is 0 Å². The van der Waals surface area contributed by atoms with Crippen molar-refractivity contribution in [3.05, 3.63) is 30.1 Å². The topological polar surface area (TPSA) is 59.2 Å². The standard InChI is InChI=1S/C12H19N3O/c1-12(2,9-13)11(16)15(3)8-10-4-6-14-7-5-10/h4-7H,8-9,13H2,1-3H3. The molecule has 0 bridgehead atoms. The molecule has 0 saturated heterocycles. The number of carbonyl (C=O) groups is 1. The van der Waals surface area contributed by atoms with Crippen molar-refractivity contribution in [1.82, 2.24) is 9.88 Å². The summed E-state index contributed by atoms with van der Waals surface area (Å²) < 4.78 is 0. The molecule has 0 radical (unpaired) electrons. The summed E-state index contributed by atoms with van der Waals surface area (Å²) in [5.74, 6) is 0.0619. The highest BCUT2D eigenvalue weighted by molar-refractivity contribution is 5.81. The normalized spacial score (nSPS) is 11.2. The highest BCUT2D eigenvalue weighted by atomic mass is 16.2. The van der Waals surface area contributed by atoms with Gasteiger partial charge >= 0.3 is 0 Å². The number of aromatic nitrogens is 1. The van der Waals surface area contributed by atoms with E-state index in [1.165, 1.54) is 0 Å². The third kappa shape index (κ3) is 3.03. The minimum atomic E-state index is -0.498. The van der Waals surface area contributed by atoms with Gasteiger partial charge in [-0.2, -0.15) is 0 Å². The first-order valence-corrected chi connectivity index (χ1v) is 5.32. The first kappa shape index (κ1) is 12.6. The Morgan fingerprint density at radius 2 is 2.00 bits per heavy atom. The predicted molar refractivity (Wildman–Crippen MR) is 63.5 cm³/mol. The maximum absolute atomic E-state index is 12.0. The Morgan fingerprint density at radius 1 is 1.44 bits per heavy atom. The van der Waals surface area contributed by atoms with Crippen molar-refractivity contribution in [1.29, 1.82) is 0 Å². The third-order valence-electron chi connectivity index (χ3n) is 2.61. The minimum Gasteiger partial charge on any atom is -0.341 e. The summed E-state index contributed by atoms with van der Waals surface area (Å²) in [6.45, 7) is 4.66. The van der Waals surface area contributed by atoms with Crippen molar-refractivity contribution < 1.29 is 4.79 Å². The monoisotopic (exact) mass is 221 g/mol. The van der Waals surface area contributed by atoms with E-state index in [4.69, 9.17) is 5.73 Å². The Hall–Kier alpha value is -1.42. The van der Waals surface area contributed by atoms with Crippen LogP contribution in [0.1, 0.15) is 19.4 Å². The summed E-state index contributed by atoms with van der Waals surface area (Å²) in [5.41, 5.74) is 6.15. The molecule has 1 aromatic heterocycles. The molecule has 1 aromatic rings. The van der Waals surface area contributed by atoms with Gasteiger partial charge in [0, 0.05) is 32.5 Å². The quantitative estimate of drug-likeness (QED) is 0.826. The van der Waals surface area contributed by atoms with Crippen molar-refractivity contribution in [2.75, 3.05) is 13.6 Å². The second-order valence-corrected chi connectivity index (χ2v) is 4.60. The first-order chi connectivity index (χ1) is 7.47. The molecule has 1 rings (SSSR count). The van der Waals surface area contributed by atoms with Crippen LogP contribution in [-0.4, -0.2) is 29.4 Å². The van der Waals surface area contributed by atoms with Gasteiger partial charge in [-0.15, -0.1) is 0 Å². The number of amides is 1. The lowest BCUT2D eigenvalue weighted by Gasteiger charge is -2.28. The Morgan fingerprint density at radius 3 is 2.50 bits per heavy atom. The Kier molecular flexibility index (Phi) is 4.01. The molecule has 2 N–H and O–H groups in total. The van der Waals surface area contributed by atoms with Gasteiger partial charge in [-0.3, -0.25) is 9.78 Å². The van der Waals surface area contributed by atoms with Crippen LogP contribution in [0.2, 0.25) is 0 Å². The van der Waals surface area contributed by atoms with Crippen molar-refractivity contribution in [3.63, 3.8) is 0 Å². The maximum Gasteiger partial charge on any atom is 0.229 e. The lowest BCUT2D eigenvalue weighted by atomic mass is 9.92. The highest BCUT2D eigenvalue weighted by Gasteiger charge is 2.28. The molecule has 0 spiro atoms. The van der Waals surface area contributed by atoms with Gasteiger partial charge in [0.15, 0.2) is 0 Å². The van der Waals surface area contributed by atoms with Crippen LogP contribution in [0.15, 0.2) is 24.5 Å². The smallest absolute Gasteiger partial charge is 0.229 e. The van der Waals surface area contributed by atoms with Gasteiger partial charge < -0.3 is 10.6 Å². The van der Waals surface area contributed by atoms with E-state index in [1.807, 2.05) is 26.0 Å². The highest BCUT2D eigenvalue weighted by Crippen LogP contribution is 2.17. The van der Waals surface area contributed by atoms with E-state index in [2.05, 4.69) is 4.98 Å². The van der Waals surface area contributed by atoms with Crippen LogP contribution in [0.4, 0.5) is 0 Å². The van der Waals surface area contributed by atoms with E-state index < -0.39 is 5.41 Å². The summed E-state index contributed by atoms with van der Waals surface area (Å²) in [4.78, 5) is 17.7. The van der Waals surface area contributed by atoms with Crippen molar-refractivity contribution in [3.8, 4) is 0 Å². The fourth-order valence-electron chi connectivity index (χ4n) is 1.44. The van der Waals surface area contributed by atoms with Crippen molar-refractivity contribution in [2.45, 2.75) is 20.4 Å². The summed E-state index contributed by atoms with van der Waals surface area (Å²) in [6.07, 6.45) is 3.45. The minimum absolute atomic E-state index is 0.0619. The lowest BCUT2D eigenvalue weighted by molar-refractivity contribution is -0.139. The number of nitrogens with two attached hydrogens (primary N) is 1. The summed E-state index contributed by atoms with van der Waals surface area (Å²) >= 11 is 0. The van der Waals surface area contributed by atoms with Gasteiger partial charge in [-0.1, -0.05) is 0 Å². The van der Waals surface area contributed by atoms with Crippen molar-refractivity contribution in [2.24, 2.45) is 11.1 Å². The van der Waals surface area contributed by atoms with Gasteiger partial charge in [0.05, 0.1) is 5.41 Å². The molecule has 0 aliphatic carbocycles. The molecule has 0 saturated carbocycles. The summed E-state index contributed by atoms with van der Waals surface area (Å²) in [7, 11) is 1.79. The Balaban J connectivity index is 2.66. The average molecular weight is 221 g/mol. The first-order valence-electron chi connectivity index (χ1n) is 5.32. The lowest BCUT2D eigenvalue weighted by Crippen LogP contribution is -2.42. The Labute approximate surface area is 96.5 Å². The fraction of sp³-hybridized carbons (Fsp3) is 0.500. The zero-order chi connectivity index (χ0) is 12.2. The van der Waals surface area contributed by atoms with Crippen LogP contribution in [0, 0.1) is 5.41 Å². The van der Waals surface area contributed by atoms with Crippen molar-refractivity contribution >= 4 is 5.91 Å². The van der Waals surface area contributed by atoms with E-state index in [0.717, 1.165) is 5.56 Å². The second-order valence-electron chi connectivity index (χ2n) is 4.60. The van der Waals surface area contributed by atoms with Crippen LogP contribution < -0.4 is 5.73 Å². The van der Waals surface area contributed by atoms with E-state index in [9.17, 15) is 4.79 Å². The number of hydrogen-bond acceptors (Lipinski definition) is 3. The van der Waals surface area contributed by atoms with E-state index in [0.29, 0.717) is 13.1 Å². The second kappa shape index (κ2) is 5.07. The van der Waals surface area contributed by atoms with Gasteiger partial charge in [0.25, 0.3) is 0 Å². The van der Waals surface area contributed by atoms with E-state index >= 15 is 0 Å². The molecule has 0 atom stereocenters. The van der Waals surface area contributed by atoms with E-state index in [1.54, 1.807) is 24.3 Å². The summed E-state index contributed by atoms with van der Waals surface area (Å²) in [6, 6.07) is 3.80. The molecule has 0 aliphatic heterocycles. The molecule has 0 aromatic carbocycles. The predicted octanol–water partition coefficient (Wildman–Crippen LogP) is 1.02. The summed E-state index contributed by atoms with van der Waals surface area (Å²) in [5, 5.41) is 0. The van der Waals surface area contributed by atoms with E-state index in [-0.39, 0.29) is 5.91 Å². The molecule has 0 unspecified atom stereocenters. The Bertz CT molecular complexity index is 349. The molecule has 4 heteroatoms. The molecule has 88 valence electrons. The number of hydrogen-bond donors (Lipinski definition) is 1. The van der Waals surface area contributed by atoms with Crippen LogP contribution in [0.5, 0.6) is 0 Å². The van der Waals surface area contributed by atoms with Gasteiger partial charge in [0.2, 0.25) is 5.91 Å². The number of carbonyl (C=O) groups excluding carboxylic acids is 1. The molecular weight excluding hydrogens is 202 g/mol. The largest absolute Gasteiger partial charge is 0.341 e. The molecule has 16 heavy (non-hydrogen) atoms. The number of rotatable bonds is 4. The zero-order valence-corrected chi connectivity index (χ0v) is 10.1.